The number of carbonyl (C=O) groups is 2. The normalized spacial score (nSPS) is 12.2. The molecule has 8 heteroatoms. The van der Waals surface area contributed by atoms with Crippen LogP contribution in [0, 0.1) is 13.8 Å². The van der Waals surface area contributed by atoms with Crippen LogP contribution in [-0.2, 0) is 9.59 Å². The van der Waals surface area contributed by atoms with E-state index in [-0.39, 0.29) is 0 Å². The van der Waals surface area contributed by atoms with E-state index >= 15 is 0 Å². The van der Waals surface area contributed by atoms with Crippen molar-refractivity contribution in [1.29, 1.82) is 0 Å². The lowest BCUT2D eigenvalue weighted by molar-refractivity contribution is -0.145. The number of rotatable bonds is 6. The predicted molar refractivity (Wildman–Crippen MR) is 108 cm³/mol. The van der Waals surface area contributed by atoms with E-state index in [9.17, 15) is 9.59 Å². The van der Waals surface area contributed by atoms with Crippen LogP contribution in [0.3, 0.4) is 0 Å². The van der Waals surface area contributed by atoms with Gasteiger partial charge >= 0.3 is 11.9 Å². The van der Waals surface area contributed by atoms with Crippen molar-refractivity contribution in [3.63, 3.8) is 0 Å². The molecule has 2 N–H and O–H groups in total. The molecule has 0 saturated carbocycles. The standard InChI is InChI=1S/2C10H11ClO3/c2*1-6-5-8(11)3-4-9(6)14-7(2)10(12)13/h2*3-5,7H,1-2H3,(H,12,13). The van der Waals surface area contributed by atoms with Gasteiger partial charge in [-0.1, -0.05) is 23.2 Å². The molecule has 2 unspecified atom stereocenters. The maximum atomic E-state index is 10.5. The van der Waals surface area contributed by atoms with Gasteiger partial charge in [-0.2, -0.15) is 0 Å². The summed E-state index contributed by atoms with van der Waals surface area (Å²) in [6.07, 6.45) is -1.70. The average Bonchev–Trinajstić information content (AvgIpc) is 2.60. The number of aryl methyl sites for hydroxylation is 2. The molecule has 6 nitrogen and oxygen atoms in total. The first-order valence-electron chi connectivity index (χ1n) is 8.32. The van der Waals surface area contributed by atoms with Crippen LogP contribution in [0.5, 0.6) is 11.5 Å². The molecular weight excluding hydrogens is 407 g/mol. The monoisotopic (exact) mass is 428 g/mol. The first-order chi connectivity index (χ1) is 13.0. The van der Waals surface area contributed by atoms with Gasteiger partial charge in [-0.3, -0.25) is 0 Å². The highest BCUT2D eigenvalue weighted by atomic mass is 35.5. The average molecular weight is 429 g/mol. The summed E-state index contributed by atoms with van der Waals surface area (Å²) in [6, 6.07) is 10.1. The molecule has 0 saturated heterocycles. The molecular formula is C20H22Cl2O6. The molecule has 0 aliphatic rings. The predicted octanol–water partition coefficient (Wildman–Crippen LogP) is 5.00. The van der Waals surface area contributed by atoms with Crippen LogP contribution in [0.25, 0.3) is 0 Å². The van der Waals surface area contributed by atoms with Crippen LogP contribution >= 0.6 is 23.2 Å². The highest BCUT2D eigenvalue weighted by molar-refractivity contribution is 6.31. The highest BCUT2D eigenvalue weighted by Crippen LogP contribution is 2.23. The molecule has 0 spiro atoms. The highest BCUT2D eigenvalue weighted by Gasteiger charge is 2.14. The number of carboxylic acids is 2. The second-order valence-electron chi connectivity index (χ2n) is 6.02. The van der Waals surface area contributed by atoms with Crippen LogP contribution in [0.2, 0.25) is 10.0 Å². The van der Waals surface area contributed by atoms with Crippen molar-refractivity contribution in [2.75, 3.05) is 0 Å². The third kappa shape index (κ3) is 7.66. The molecule has 0 amide bonds. The van der Waals surface area contributed by atoms with Crippen molar-refractivity contribution in [3.8, 4) is 11.5 Å². The Bertz CT molecular complexity index is 768. The Morgan fingerprint density at radius 1 is 0.786 bits per heavy atom. The maximum absolute atomic E-state index is 10.5. The van der Waals surface area contributed by atoms with Crippen molar-refractivity contribution in [1.82, 2.24) is 0 Å². The van der Waals surface area contributed by atoms with E-state index in [1.807, 2.05) is 13.8 Å². The Morgan fingerprint density at radius 2 is 1.11 bits per heavy atom. The summed E-state index contributed by atoms with van der Waals surface area (Å²) in [5.41, 5.74) is 1.65. The van der Waals surface area contributed by atoms with Crippen LogP contribution in [-0.4, -0.2) is 34.4 Å². The van der Waals surface area contributed by atoms with Crippen molar-refractivity contribution in [2.24, 2.45) is 0 Å². The molecule has 152 valence electrons. The van der Waals surface area contributed by atoms with E-state index in [0.717, 1.165) is 11.1 Å². The van der Waals surface area contributed by atoms with E-state index < -0.39 is 24.1 Å². The summed E-state index contributed by atoms with van der Waals surface area (Å²) < 4.78 is 10.4. The molecule has 0 aromatic heterocycles. The molecule has 0 bridgehead atoms. The Kier molecular flexibility index (Phi) is 9.09. The third-order valence-electron chi connectivity index (χ3n) is 3.58. The molecule has 0 radical (unpaired) electrons. The summed E-state index contributed by atoms with van der Waals surface area (Å²) >= 11 is 11.5. The van der Waals surface area contributed by atoms with E-state index in [1.165, 1.54) is 13.8 Å². The zero-order valence-corrected chi connectivity index (χ0v) is 17.4. The van der Waals surface area contributed by atoms with E-state index in [0.29, 0.717) is 21.5 Å². The summed E-state index contributed by atoms with van der Waals surface area (Å²) in [7, 11) is 0. The topological polar surface area (TPSA) is 93.1 Å². The van der Waals surface area contributed by atoms with Gasteiger partial charge in [0, 0.05) is 10.0 Å². The minimum Gasteiger partial charge on any atom is -0.479 e. The first kappa shape index (κ1) is 23.6. The summed E-state index contributed by atoms with van der Waals surface area (Å²) in [6.45, 7) is 6.60. The minimum absolute atomic E-state index is 0.546. The van der Waals surface area contributed by atoms with Crippen LogP contribution in [0.1, 0.15) is 25.0 Å². The second-order valence-corrected chi connectivity index (χ2v) is 6.89. The summed E-state index contributed by atoms with van der Waals surface area (Å²) in [5, 5.41) is 18.5. The number of ether oxygens (including phenoxy) is 2. The fourth-order valence-electron chi connectivity index (χ4n) is 1.97. The number of hydrogen-bond acceptors (Lipinski definition) is 4. The fraction of sp³-hybridized carbons (Fsp3) is 0.300. The lowest BCUT2D eigenvalue weighted by Gasteiger charge is -2.12. The van der Waals surface area contributed by atoms with Crippen LogP contribution in [0.15, 0.2) is 36.4 Å². The summed E-state index contributed by atoms with van der Waals surface area (Å²) in [4.78, 5) is 21.1. The van der Waals surface area contributed by atoms with Gasteiger partial charge in [0.05, 0.1) is 0 Å². The second kappa shape index (κ2) is 10.8. The SMILES string of the molecule is Cc1cc(Cl)ccc1OC(C)C(=O)O.Cc1cc(Cl)ccc1OC(C)C(=O)O. The molecule has 28 heavy (non-hydrogen) atoms. The number of aliphatic carboxylic acids is 2. The zero-order chi connectivity index (χ0) is 21.4. The van der Waals surface area contributed by atoms with Gasteiger partial charge in [-0.05, 0) is 75.2 Å². The lowest BCUT2D eigenvalue weighted by Crippen LogP contribution is -2.23. The zero-order valence-electron chi connectivity index (χ0n) is 15.9. The molecule has 2 rings (SSSR count). The molecule has 0 fully saturated rings. The fourth-order valence-corrected chi connectivity index (χ4v) is 2.43. The maximum Gasteiger partial charge on any atom is 0.344 e. The van der Waals surface area contributed by atoms with Gasteiger partial charge < -0.3 is 19.7 Å². The van der Waals surface area contributed by atoms with Crippen molar-refractivity contribution in [3.05, 3.63) is 57.6 Å². The van der Waals surface area contributed by atoms with Crippen molar-refractivity contribution >= 4 is 35.1 Å². The van der Waals surface area contributed by atoms with E-state index in [4.69, 9.17) is 42.9 Å². The van der Waals surface area contributed by atoms with Gasteiger partial charge in [0.15, 0.2) is 12.2 Å². The molecule has 0 heterocycles. The smallest absolute Gasteiger partial charge is 0.344 e. The Balaban J connectivity index is 0.000000280. The lowest BCUT2D eigenvalue weighted by atomic mass is 10.2. The van der Waals surface area contributed by atoms with Gasteiger partial charge in [0.2, 0.25) is 0 Å². The number of halogens is 2. The summed E-state index contributed by atoms with van der Waals surface area (Å²) in [5.74, 6) is -0.882. The number of hydrogen-bond donors (Lipinski definition) is 2. The van der Waals surface area contributed by atoms with Crippen molar-refractivity contribution < 1.29 is 29.3 Å². The van der Waals surface area contributed by atoms with E-state index in [2.05, 4.69) is 0 Å². The minimum atomic E-state index is -0.987. The molecule has 0 aliphatic carbocycles. The van der Waals surface area contributed by atoms with Crippen LogP contribution < -0.4 is 9.47 Å². The quantitative estimate of drug-likeness (QED) is 0.671. The van der Waals surface area contributed by atoms with Gasteiger partial charge in [0.25, 0.3) is 0 Å². The molecule has 2 aromatic carbocycles. The number of carboxylic acid groups (broad SMARTS) is 2. The van der Waals surface area contributed by atoms with Gasteiger partial charge in [0.1, 0.15) is 11.5 Å². The Hall–Kier alpha value is -2.44. The molecule has 0 aliphatic heterocycles. The van der Waals surface area contributed by atoms with Crippen LogP contribution in [0.4, 0.5) is 0 Å². The molecule has 2 atom stereocenters. The van der Waals surface area contributed by atoms with Gasteiger partial charge in [-0.15, -0.1) is 0 Å². The Labute approximate surface area is 173 Å². The Morgan fingerprint density at radius 3 is 1.36 bits per heavy atom. The first-order valence-corrected chi connectivity index (χ1v) is 9.08. The molecule has 2 aromatic rings. The number of benzene rings is 2. The largest absolute Gasteiger partial charge is 0.479 e. The van der Waals surface area contributed by atoms with Gasteiger partial charge in [-0.25, -0.2) is 9.59 Å². The van der Waals surface area contributed by atoms with E-state index in [1.54, 1.807) is 36.4 Å². The third-order valence-corrected chi connectivity index (χ3v) is 4.05. The van der Waals surface area contributed by atoms with Crippen molar-refractivity contribution in [2.45, 2.75) is 39.9 Å².